The fourth-order valence-corrected chi connectivity index (χ4v) is 2.68. The van der Waals surface area contributed by atoms with Crippen molar-refractivity contribution in [3.05, 3.63) is 53.3 Å². The molecule has 1 aliphatic rings. The maximum Gasteiger partial charge on any atom is 0.0727 e. The summed E-state index contributed by atoms with van der Waals surface area (Å²) in [6.45, 7) is 4.90. The lowest BCUT2D eigenvalue weighted by Gasteiger charge is -2.28. The van der Waals surface area contributed by atoms with Gasteiger partial charge in [0.1, 0.15) is 0 Å². The van der Waals surface area contributed by atoms with Crippen LogP contribution in [0, 0.1) is 0 Å². The summed E-state index contributed by atoms with van der Waals surface area (Å²) in [4.78, 5) is 0. The van der Waals surface area contributed by atoms with E-state index in [4.69, 9.17) is 4.74 Å². The third-order valence-electron chi connectivity index (χ3n) is 3.77. The molecule has 0 unspecified atom stereocenters. The van der Waals surface area contributed by atoms with Crippen LogP contribution in [0.4, 0.5) is 0 Å². The van der Waals surface area contributed by atoms with Gasteiger partial charge in [-0.25, -0.2) is 0 Å². The Morgan fingerprint density at radius 1 is 1.21 bits per heavy atom. The SMILES string of the molecule is CC(C)=C=CCC1(OCc2ccccc2)CCCC1. The zero-order chi connectivity index (χ0) is 13.6. The van der Waals surface area contributed by atoms with Crippen molar-refractivity contribution in [2.45, 2.75) is 58.2 Å². The van der Waals surface area contributed by atoms with Gasteiger partial charge in [0.15, 0.2) is 0 Å². The number of hydrogen-bond donors (Lipinski definition) is 0. The summed E-state index contributed by atoms with van der Waals surface area (Å²) in [5.41, 5.74) is 5.86. The van der Waals surface area contributed by atoms with E-state index in [1.54, 1.807) is 0 Å². The van der Waals surface area contributed by atoms with E-state index >= 15 is 0 Å². The standard InChI is InChI=1S/C18H24O/c1-16(2)9-8-14-18(12-6-7-13-18)19-15-17-10-4-3-5-11-17/h3-5,8,10-11H,6-7,12-15H2,1-2H3. The Morgan fingerprint density at radius 2 is 1.89 bits per heavy atom. The molecule has 1 heteroatoms. The fraction of sp³-hybridized carbons (Fsp3) is 0.500. The second kappa shape index (κ2) is 6.75. The molecule has 1 saturated carbocycles. The van der Waals surface area contributed by atoms with Crippen molar-refractivity contribution in [3.63, 3.8) is 0 Å². The van der Waals surface area contributed by atoms with Crippen molar-refractivity contribution in [1.29, 1.82) is 0 Å². The monoisotopic (exact) mass is 256 g/mol. The maximum atomic E-state index is 6.28. The van der Waals surface area contributed by atoms with Gasteiger partial charge in [-0.1, -0.05) is 43.2 Å². The van der Waals surface area contributed by atoms with Crippen LogP contribution in [0.5, 0.6) is 0 Å². The lowest BCUT2D eigenvalue weighted by Crippen LogP contribution is -2.28. The summed E-state index contributed by atoms with van der Waals surface area (Å²) in [6.07, 6.45) is 8.09. The van der Waals surface area contributed by atoms with E-state index in [-0.39, 0.29) is 5.60 Å². The third-order valence-corrected chi connectivity index (χ3v) is 3.77. The summed E-state index contributed by atoms with van der Waals surface area (Å²) in [5, 5.41) is 0. The Labute approximate surface area is 117 Å². The van der Waals surface area contributed by atoms with Gasteiger partial charge < -0.3 is 4.74 Å². The Hall–Kier alpha value is -1.30. The summed E-state index contributed by atoms with van der Waals surface area (Å²) in [7, 11) is 0. The topological polar surface area (TPSA) is 9.23 Å². The van der Waals surface area contributed by atoms with Crippen LogP contribution in [-0.4, -0.2) is 5.60 Å². The highest BCUT2D eigenvalue weighted by Gasteiger charge is 2.33. The van der Waals surface area contributed by atoms with E-state index in [1.807, 2.05) is 6.07 Å². The van der Waals surface area contributed by atoms with Crippen LogP contribution in [0.25, 0.3) is 0 Å². The van der Waals surface area contributed by atoms with Crippen molar-refractivity contribution in [1.82, 2.24) is 0 Å². The molecule has 0 N–H and O–H groups in total. The molecule has 102 valence electrons. The molecule has 1 fully saturated rings. The van der Waals surface area contributed by atoms with Gasteiger partial charge in [0.05, 0.1) is 12.2 Å². The van der Waals surface area contributed by atoms with Crippen LogP contribution in [0.1, 0.15) is 51.5 Å². The fourth-order valence-electron chi connectivity index (χ4n) is 2.68. The van der Waals surface area contributed by atoms with E-state index < -0.39 is 0 Å². The molecule has 19 heavy (non-hydrogen) atoms. The molecule has 0 aromatic heterocycles. The highest BCUT2D eigenvalue weighted by molar-refractivity contribution is 5.13. The van der Waals surface area contributed by atoms with E-state index in [2.05, 4.69) is 49.9 Å². The summed E-state index contributed by atoms with van der Waals surface area (Å²) >= 11 is 0. The normalized spacial score (nSPS) is 16.9. The Morgan fingerprint density at radius 3 is 2.53 bits per heavy atom. The summed E-state index contributed by atoms with van der Waals surface area (Å²) in [5.74, 6) is 0. The number of rotatable bonds is 5. The zero-order valence-electron chi connectivity index (χ0n) is 12.1. The number of hydrogen-bond acceptors (Lipinski definition) is 1. The highest BCUT2D eigenvalue weighted by Crippen LogP contribution is 2.37. The molecule has 0 aliphatic heterocycles. The lowest BCUT2D eigenvalue weighted by atomic mass is 9.97. The van der Waals surface area contributed by atoms with E-state index in [9.17, 15) is 0 Å². The molecule has 0 saturated heterocycles. The molecule has 0 spiro atoms. The van der Waals surface area contributed by atoms with Gasteiger partial charge in [-0.2, -0.15) is 0 Å². The zero-order valence-corrected chi connectivity index (χ0v) is 12.1. The summed E-state index contributed by atoms with van der Waals surface area (Å²) < 4.78 is 6.28. The van der Waals surface area contributed by atoms with Crippen LogP contribution in [-0.2, 0) is 11.3 Å². The molecule has 0 amide bonds. The quantitative estimate of drug-likeness (QED) is 0.671. The van der Waals surface area contributed by atoms with Gasteiger partial charge >= 0.3 is 0 Å². The Balaban J connectivity index is 1.98. The molecule has 2 rings (SSSR count). The van der Waals surface area contributed by atoms with Crippen molar-refractivity contribution in [3.8, 4) is 0 Å². The minimum atomic E-state index is 0.0539. The largest absolute Gasteiger partial charge is 0.370 e. The molecule has 0 atom stereocenters. The molecule has 0 heterocycles. The molecule has 1 aromatic carbocycles. The van der Waals surface area contributed by atoms with Crippen molar-refractivity contribution in [2.24, 2.45) is 0 Å². The Kier molecular flexibility index (Phi) is 5.01. The van der Waals surface area contributed by atoms with Crippen molar-refractivity contribution < 1.29 is 4.74 Å². The molecule has 1 aromatic rings. The molecule has 0 radical (unpaired) electrons. The third kappa shape index (κ3) is 4.38. The van der Waals surface area contributed by atoms with Crippen molar-refractivity contribution in [2.75, 3.05) is 0 Å². The average molecular weight is 256 g/mol. The lowest BCUT2D eigenvalue weighted by molar-refractivity contribution is -0.0496. The number of ether oxygens (including phenoxy) is 1. The highest BCUT2D eigenvalue weighted by atomic mass is 16.5. The van der Waals surface area contributed by atoms with Crippen LogP contribution < -0.4 is 0 Å². The smallest absolute Gasteiger partial charge is 0.0727 e. The van der Waals surface area contributed by atoms with Crippen LogP contribution in [0.3, 0.4) is 0 Å². The first-order valence-electron chi connectivity index (χ1n) is 7.26. The van der Waals surface area contributed by atoms with Gasteiger partial charge in [-0.05, 0) is 43.9 Å². The Bertz CT molecular complexity index is 442. The predicted octanol–water partition coefficient (Wildman–Crippen LogP) is 5.03. The molecular formula is C18H24O. The van der Waals surface area contributed by atoms with Crippen LogP contribution in [0.15, 0.2) is 47.7 Å². The molecular weight excluding hydrogens is 232 g/mol. The number of benzene rings is 1. The first-order chi connectivity index (χ1) is 9.20. The van der Waals surface area contributed by atoms with E-state index in [0.717, 1.165) is 13.0 Å². The van der Waals surface area contributed by atoms with Gasteiger partial charge in [0.25, 0.3) is 0 Å². The molecule has 1 nitrogen and oxygen atoms in total. The molecule has 0 bridgehead atoms. The van der Waals surface area contributed by atoms with Gasteiger partial charge in [0, 0.05) is 6.42 Å². The first kappa shape index (κ1) is 14.1. The summed E-state index contributed by atoms with van der Waals surface area (Å²) in [6, 6.07) is 10.5. The maximum absolute atomic E-state index is 6.28. The van der Waals surface area contributed by atoms with Crippen molar-refractivity contribution >= 4 is 0 Å². The minimum absolute atomic E-state index is 0.0539. The second-order valence-electron chi connectivity index (χ2n) is 5.72. The van der Waals surface area contributed by atoms with Crippen LogP contribution >= 0.6 is 0 Å². The van der Waals surface area contributed by atoms with E-state index in [1.165, 1.54) is 36.8 Å². The predicted molar refractivity (Wildman–Crippen MR) is 80.0 cm³/mol. The average Bonchev–Trinajstić information content (AvgIpc) is 2.87. The molecule has 1 aliphatic carbocycles. The minimum Gasteiger partial charge on any atom is -0.370 e. The second-order valence-corrected chi connectivity index (χ2v) is 5.72. The first-order valence-corrected chi connectivity index (χ1v) is 7.26. The van der Waals surface area contributed by atoms with Crippen LogP contribution in [0.2, 0.25) is 0 Å². The van der Waals surface area contributed by atoms with Gasteiger partial charge in [-0.15, -0.1) is 5.73 Å². The van der Waals surface area contributed by atoms with E-state index in [0.29, 0.717) is 0 Å². The van der Waals surface area contributed by atoms with Gasteiger partial charge in [0.2, 0.25) is 0 Å². The van der Waals surface area contributed by atoms with Gasteiger partial charge in [-0.3, -0.25) is 0 Å².